The van der Waals surface area contributed by atoms with Gasteiger partial charge in [0.05, 0.1) is 44.6 Å². The Bertz CT molecular complexity index is 1560. The molecule has 196 valence electrons. The van der Waals surface area contributed by atoms with Crippen molar-refractivity contribution in [3.63, 3.8) is 0 Å². The molecule has 12 nitrogen and oxygen atoms in total. The van der Waals surface area contributed by atoms with Crippen LogP contribution >= 0.6 is 11.3 Å². The van der Waals surface area contributed by atoms with Gasteiger partial charge in [-0.3, -0.25) is 9.36 Å². The van der Waals surface area contributed by atoms with Crippen molar-refractivity contribution in [1.29, 1.82) is 0 Å². The molecule has 1 unspecified atom stereocenters. The van der Waals surface area contributed by atoms with E-state index >= 15 is 0 Å². The van der Waals surface area contributed by atoms with Crippen LogP contribution in [0.1, 0.15) is 30.2 Å². The maximum absolute atomic E-state index is 14.2. The molecular formula is C23H24FN5O7S. The highest BCUT2D eigenvalue weighted by molar-refractivity contribution is 7.21. The second-order valence-corrected chi connectivity index (χ2v) is 9.06. The van der Waals surface area contributed by atoms with E-state index < -0.39 is 35.2 Å². The quantitative estimate of drug-likeness (QED) is 0.310. The molecular weight excluding hydrogens is 509 g/mol. The van der Waals surface area contributed by atoms with Crippen LogP contribution in [0.2, 0.25) is 0 Å². The highest BCUT2D eigenvalue weighted by atomic mass is 32.1. The van der Waals surface area contributed by atoms with Crippen molar-refractivity contribution in [2.75, 3.05) is 20.3 Å². The van der Waals surface area contributed by atoms with E-state index in [0.29, 0.717) is 15.1 Å². The average Bonchev–Trinajstić information content (AvgIpc) is 3.51. The Kier molecular flexibility index (Phi) is 7.52. The lowest BCUT2D eigenvalue weighted by atomic mass is 10.1. The van der Waals surface area contributed by atoms with Crippen molar-refractivity contribution in [1.82, 2.24) is 24.1 Å². The number of aromatic nitrogens is 5. The summed E-state index contributed by atoms with van der Waals surface area (Å²) in [7, 11) is 1.39. The number of ether oxygens (including phenoxy) is 2. The van der Waals surface area contributed by atoms with Crippen molar-refractivity contribution >= 4 is 27.5 Å². The zero-order valence-corrected chi connectivity index (χ0v) is 20.9. The first-order valence-electron chi connectivity index (χ1n) is 11.1. The summed E-state index contributed by atoms with van der Waals surface area (Å²) in [6, 6.07) is 2.33. The third-order valence-electron chi connectivity index (χ3n) is 5.86. The van der Waals surface area contributed by atoms with E-state index in [1.54, 1.807) is 6.92 Å². The number of aryl methyl sites for hydroxylation is 1. The first kappa shape index (κ1) is 26.2. The number of aliphatic carboxylic acids is 1. The number of carbonyl (C=O) groups is 1. The summed E-state index contributed by atoms with van der Waals surface area (Å²) in [5, 5.41) is 27.8. The summed E-state index contributed by atoms with van der Waals surface area (Å²) in [6.07, 6.45) is 1.91. The predicted octanol–water partition coefficient (Wildman–Crippen LogP) is 1.66. The van der Waals surface area contributed by atoms with E-state index in [1.165, 1.54) is 54.0 Å². The molecule has 0 radical (unpaired) electrons. The molecule has 0 fully saturated rings. The molecule has 0 aliphatic carbocycles. The van der Waals surface area contributed by atoms with Gasteiger partial charge in [-0.25, -0.2) is 18.5 Å². The average molecular weight is 534 g/mol. The predicted molar refractivity (Wildman–Crippen MR) is 131 cm³/mol. The van der Waals surface area contributed by atoms with E-state index in [-0.39, 0.29) is 41.3 Å². The Balaban J connectivity index is 2.01. The number of fused-ring (bicyclic) bond motifs is 1. The van der Waals surface area contributed by atoms with Gasteiger partial charge in [0.15, 0.2) is 0 Å². The standard InChI is InChI=1S/C23H24FN5O7S/c1-12-18-19(31)28(13(2)22(32)33)23(34)27(21(18)37-20(12)29-25-6-7-26-29)11-17(36-9-8-30)15-10-14(24)4-5-16(15)35-3/h4-7,10,13,17,30H,8-9,11H2,1-3H3,(H,32,33)/t13?,17-/m0/s1. The third-order valence-corrected chi connectivity index (χ3v) is 7.14. The zero-order valence-electron chi connectivity index (χ0n) is 20.1. The van der Waals surface area contributed by atoms with Gasteiger partial charge >= 0.3 is 11.7 Å². The first-order valence-corrected chi connectivity index (χ1v) is 11.9. The number of hydrogen-bond acceptors (Lipinski definition) is 9. The molecule has 4 aromatic rings. The van der Waals surface area contributed by atoms with Gasteiger partial charge in [0.25, 0.3) is 5.56 Å². The fraction of sp³-hybridized carbons (Fsp3) is 0.348. The number of methoxy groups -OCH3 is 1. The summed E-state index contributed by atoms with van der Waals surface area (Å²) in [5.41, 5.74) is -0.934. The van der Waals surface area contributed by atoms with Gasteiger partial charge in [-0.05, 0) is 32.0 Å². The van der Waals surface area contributed by atoms with E-state index in [0.717, 1.165) is 11.3 Å². The number of hydrogen-bond donors (Lipinski definition) is 2. The second kappa shape index (κ2) is 10.6. The van der Waals surface area contributed by atoms with Crippen molar-refractivity contribution < 1.29 is 28.9 Å². The topological polar surface area (TPSA) is 151 Å². The molecule has 3 heterocycles. The Hall–Kier alpha value is -3.88. The third kappa shape index (κ3) is 4.77. The van der Waals surface area contributed by atoms with Crippen LogP contribution in [0.15, 0.2) is 40.2 Å². The number of nitrogens with zero attached hydrogens (tertiary/aromatic N) is 5. The molecule has 0 amide bonds. The molecule has 37 heavy (non-hydrogen) atoms. The molecule has 0 aliphatic heterocycles. The van der Waals surface area contributed by atoms with Crippen LogP contribution in [0.3, 0.4) is 0 Å². The van der Waals surface area contributed by atoms with E-state index in [1.807, 2.05) is 0 Å². The van der Waals surface area contributed by atoms with Gasteiger partial charge in [0, 0.05) is 11.1 Å². The minimum absolute atomic E-state index is 0.122. The molecule has 0 spiro atoms. The van der Waals surface area contributed by atoms with Crippen LogP contribution in [-0.2, 0) is 16.1 Å². The lowest BCUT2D eigenvalue weighted by Gasteiger charge is -2.23. The van der Waals surface area contributed by atoms with E-state index in [4.69, 9.17) is 9.47 Å². The second-order valence-electron chi connectivity index (χ2n) is 8.08. The maximum Gasteiger partial charge on any atom is 0.333 e. The van der Waals surface area contributed by atoms with Crippen molar-refractivity contribution in [2.24, 2.45) is 0 Å². The van der Waals surface area contributed by atoms with Crippen LogP contribution in [0.25, 0.3) is 15.2 Å². The summed E-state index contributed by atoms with van der Waals surface area (Å²) in [5.74, 6) is -1.66. The minimum Gasteiger partial charge on any atom is -0.496 e. The molecule has 14 heteroatoms. The van der Waals surface area contributed by atoms with Gasteiger partial charge < -0.3 is 19.7 Å². The number of aliphatic hydroxyl groups is 1. The fourth-order valence-corrected chi connectivity index (χ4v) is 5.26. The first-order chi connectivity index (χ1) is 17.7. The number of halogens is 1. The highest BCUT2D eigenvalue weighted by Crippen LogP contribution is 2.34. The molecule has 1 aromatic carbocycles. The summed E-state index contributed by atoms with van der Waals surface area (Å²) in [6.45, 7) is 2.15. The Morgan fingerprint density at radius 1 is 1.24 bits per heavy atom. The number of carboxylic acids is 1. The molecule has 0 saturated carbocycles. The zero-order chi connectivity index (χ0) is 26.9. The maximum atomic E-state index is 14.2. The van der Waals surface area contributed by atoms with Crippen LogP contribution in [0.4, 0.5) is 4.39 Å². The SMILES string of the molecule is COc1ccc(F)cc1[C@H](Cn1c(=O)n(C(C)C(=O)O)c(=O)c2c(C)c(-n3nccn3)sc21)OCCO. The number of carboxylic acid groups (broad SMARTS) is 1. The fourth-order valence-electron chi connectivity index (χ4n) is 4.04. The van der Waals surface area contributed by atoms with E-state index in [2.05, 4.69) is 10.2 Å². The van der Waals surface area contributed by atoms with Crippen LogP contribution < -0.4 is 16.0 Å². The van der Waals surface area contributed by atoms with Crippen molar-refractivity contribution in [2.45, 2.75) is 32.5 Å². The lowest BCUT2D eigenvalue weighted by Crippen LogP contribution is -2.44. The molecule has 3 aromatic heterocycles. The summed E-state index contributed by atoms with van der Waals surface area (Å²) < 4.78 is 27.2. The molecule has 0 bridgehead atoms. The van der Waals surface area contributed by atoms with Crippen LogP contribution in [0.5, 0.6) is 5.75 Å². The monoisotopic (exact) mass is 533 g/mol. The molecule has 0 saturated heterocycles. The lowest BCUT2D eigenvalue weighted by molar-refractivity contribution is -0.140. The number of aliphatic hydroxyl groups excluding tert-OH is 1. The Morgan fingerprint density at radius 2 is 1.95 bits per heavy atom. The number of thiophene rings is 1. The van der Waals surface area contributed by atoms with E-state index in [9.17, 15) is 29.0 Å². The molecule has 4 rings (SSSR count). The van der Waals surface area contributed by atoms with Gasteiger partial charge in [-0.1, -0.05) is 11.3 Å². The normalized spacial score (nSPS) is 13.1. The largest absolute Gasteiger partial charge is 0.496 e. The van der Waals surface area contributed by atoms with Gasteiger partial charge in [-0.2, -0.15) is 10.2 Å². The number of rotatable bonds is 10. The summed E-state index contributed by atoms with van der Waals surface area (Å²) >= 11 is 1.07. The van der Waals surface area contributed by atoms with Gasteiger partial charge in [0.2, 0.25) is 0 Å². The van der Waals surface area contributed by atoms with Crippen LogP contribution in [0, 0.1) is 12.7 Å². The van der Waals surface area contributed by atoms with Gasteiger partial charge in [0.1, 0.15) is 33.5 Å². The molecule has 2 atom stereocenters. The number of benzene rings is 1. The smallest absolute Gasteiger partial charge is 0.333 e. The van der Waals surface area contributed by atoms with Crippen molar-refractivity contribution in [3.05, 3.63) is 68.4 Å². The van der Waals surface area contributed by atoms with Gasteiger partial charge in [-0.15, -0.1) is 4.80 Å². The minimum atomic E-state index is -1.47. The Morgan fingerprint density at radius 3 is 2.57 bits per heavy atom. The molecule has 0 aliphatic rings. The molecule has 2 N–H and O–H groups in total. The Labute approximate surface area is 212 Å². The summed E-state index contributed by atoms with van der Waals surface area (Å²) in [4.78, 5) is 40.4. The van der Waals surface area contributed by atoms with Crippen molar-refractivity contribution in [3.8, 4) is 10.8 Å². The van der Waals surface area contributed by atoms with Crippen LogP contribution in [-0.4, -0.2) is 60.6 Å². The highest BCUT2D eigenvalue weighted by Gasteiger charge is 2.28.